The van der Waals surface area contributed by atoms with E-state index in [9.17, 15) is 4.79 Å². The summed E-state index contributed by atoms with van der Waals surface area (Å²) in [7, 11) is 0. The van der Waals surface area contributed by atoms with E-state index in [1.807, 2.05) is 13.8 Å². The van der Waals surface area contributed by atoms with Gasteiger partial charge in [0.15, 0.2) is 0 Å². The number of rotatable bonds is 4. The first kappa shape index (κ1) is 13.8. The Morgan fingerprint density at radius 1 is 1.29 bits per heavy atom. The molecule has 84 valence electrons. The van der Waals surface area contributed by atoms with E-state index in [0.717, 1.165) is 0 Å². The van der Waals surface area contributed by atoms with Crippen LogP contribution in [0.1, 0.15) is 34.6 Å². The molecule has 0 fully saturated rings. The van der Waals surface area contributed by atoms with Crippen molar-refractivity contribution in [2.45, 2.75) is 44.1 Å². The lowest BCUT2D eigenvalue weighted by atomic mass is 10.2. The lowest BCUT2D eigenvalue weighted by molar-refractivity contribution is -0.122. The van der Waals surface area contributed by atoms with Gasteiger partial charge in [-0.15, -0.1) is 11.8 Å². The molecule has 0 aliphatic rings. The second kappa shape index (κ2) is 5.03. The predicted octanol–water partition coefficient (Wildman–Crippen LogP) is 1.37. The normalized spacial score (nSPS) is 12.7. The summed E-state index contributed by atoms with van der Waals surface area (Å²) in [5.74, 6) is 0.0582. The predicted molar refractivity (Wildman–Crippen MR) is 63.5 cm³/mol. The van der Waals surface area contributed by atoms with E-state index in [1.54, 1.807) is 11.8 Å². The molecule has 3 N–H and O–H groups in total. The van der Waals surface area contributed by atoms with Crippen LogP contribution in [0.4, 0.5) is 0 Å². The van der Waals surface area contributed by atoms with Crippen molar-refractivity contribution in [1.29, 1.82) is 0 Å². The Kier molecular flexibility index (Phi) is 4.95. The number of thioether (sulfide) groups is 1. The average Bonchev–Trinajstić information content (AvgIpc) is 1.95. The van der Waals surface area contributed by atoms with E-state index in [2.05, 4.69) is 26.1 Å². The molecule has 3 nitrogen and oxygen atoms in total. The molecule has 0 saturated carbocycles. The van der Waals surface area contributed by atoms with Gasteiger partial charge in [0.05, 0.1) is 4.75 Å². The molecule has 0 radical (unpaired) electrons. The molecular formula is C10H22N2OS. The number of carbonyl (C=O) groups excluding carboxylic acids is 1. The molecule has 0 aromatic carbocycles. The molecule has 4 heteroatoms. The molecule has 0 saturated heterocycles. The van der Waals surface area contributed by atoms with E-state index in [-0.39, 0.29) is 10.7 Å². The van der Waals surface area contributed by atoms with Gasteiger partial charge in [-0.1, -0.05) is 20.8 Å². The minimum atomic E-state index is -0.395. The third-order valence-electron chi connectivity index (χ3n) is 1.54. The van der Waals surface area contributed by atoms with Crippen LogP contribution in [0.25, 0.3) is 0 Å². The van der Waals surface area contributed by atoms with Gasteiger partial charge in [0, 0.05) is 17.8 Å². The number of hydrogen-bond donors (Lipinski definition) is 2. The van der Waals surface area contributed by atoms with Crippen molar-refractivity contribution in [1.82, 2.24) is 5.32 Å². The van der Waals surface area contributed by atoms with Gasteiger partial charge in [0.1, 0.15) is 0 Å². The summed E-state index contributed by atoms with van der Waals surface area (Å²) in [6.45, 7) is 11.2. The average molecular weight is 218 g/mol. The van der Waals surface area contributed by atoms with Crippen molar-refractivity contribution in [3.05, 3.63) is 0 Å². The van der Waals surface area contributed by atoms with E-state index < -0.39 is 4.75 Å². The van der Waals surface area contributed by atoms with E-state index >= 15 is 0 Å². The Balaban J connectivity index is 4.23. The van der Waals surface area contributed by atoms with Crippen LogP contribution in [0.3, 0.4) is 0 Å². The third-order valence-corrected chi connectivity index (χ3v) is 2.85. The topological polar surface area (TPSA) is 55.1 Å². The van der Waals surface area contributed by atoms with E-state index in [0.29, 0.717) is 13.1 Å². The summed E-state index contributed by atoms with van der Waals surface area (Å²) in [5, 5.41) is 2.81. The van der Waals surface area contributed by atoms with Crippen LogP contribution in [0, 0.1) is 0 Å². The molecule has 14 heavy (non-hydrogen) atoms. The minimum Gasteiger partial charge on any atom is -0.354 e. The second-order valence-corrected chi connectivity index (χ2v) is 7.22. The van der Waals surface area contributed by atoms with Crippen LogP contribution in [0.5, 0.6) is 0 Å². The van der Waals surface area contributed by atoms with Crippen molar-refractivity contribution < 1.29 is 4.79 Å². The number of amides is 1. The summed E-state index contributed by atoms with van der Waals surface area (Å²) in [6.07, 6.45) is 0. The maximum Gasteiger partial charge on any atom is 0.235 e. The zero-order chi connectivity index (χ0) is 11.4. The Bertz CT molecular complexity index is 197. The van der Waals surface area contributed by atoms with Gasteiger partial charge >= 0.3 is 0 Å². The molecule has 0 unspecified atom stereocenters. The van der Waals surface area contributed by atoms with Crippen molar-refractivity contribution in [2.75, 3.05) is 13.1 Å². The Morgan fingerprint density at radius 2 is 1.79 bits per heavy atom. The van der Waals surface area contributed by atoms with Gasteiger partial charge in [0.25, 0.3) is 0 Å². The second-order valence-electron chi connectivity index (χ2n) is 4.77. The highest BCUT2D eigenvalue weighted by molar-refractivity contribution is 8.02. The molecular weight excluding hydrogens is 196 g/mol. The summed E-state index contributed by atoms with van der Waals surface area (Å²) < 4.78 is -0.309. The molecule has 0 heterocycles. The highest BCUT2D eigenvalue weighted by Crippen LogP contribution is 2.35. The maximum absolute atomic E-state index is 11.7. The van der Waals surface area contributed by atoms with Gasteiger partial charge < -0.3 is 11.1 Å². The fraction of sp³-hybridized carbons (Fsp3) is 0.900. The third kappa shape index (κ3) is 5.50. The molecule has 1 amide bonds. The first-order valence-electron chi connectivity index (χ1n) is 4.87. The van der Waals surface area contributed by atoms with Crippen molar-refractivity contribution in [2.24, 2.45) is 5.73 Å². The first-order chi connectivity index (χ1) is 6.19. The Morgan fingerprint density at radius 3 is 2.14 bits per heavy atom. The van der Waals surface area contributed by atoms with Gasteiger partial charge in [-0.3, -0.25) is 4.79 Å². The molecule has 0 rings (SSSR count). The van der Waals surface area contributed by atoms with Gasteiger partial charge in [0.2, 0.25) is 5.91 Å². The van der Waals surface area contributed by atoms with Crippen molar-refractivity contribution >= 4 is 17.7 Å². The summed E-state index contributed by atoms with van der Waals surface area (Å²) >= 11 is 1.66. The van der Waals surface area contributed by atoms with Crippen LogP contribution in [0.15, 0.2) is 0 Å². The van der Waals surface area contributed by atoms with Crippen LogP contribution in [0.2, 0.25) is 0 Å². The van der Waals surface area contributed by atoms with Gasteiger partial charge in [-0.25, -0.2) is 0 Å². The van der Waals surface area contributed by atoms with Crippen LogP contribution >= 0.6 is 11.8 Å². The Labute approximate surface area is 91.2 Å². The van der Waals surface area contributed by atoms with E-state index in [1.165, 1.54) is 0 Å². The molecule has 0 atom stereocenters. The number of nitrogens with one attached hydrogen (secondary N) is 1. The minimum absolute atomic E-state index is 0.0582. The quantitative estimate of drug-likeness (QED) is 0.749. The molecule has 0 spiro atoms. The van der Waals surface area contributed by atoms with Gasteiger partial charge in [-0.05, 0) is 13.8 Å². The molecule has 0 aliphatic carbocycles. The monoisotopic (exact) mass is 218 g/mol. The molecule has 0 aliphatic heterocycles. The lowest BCUT2D eigenvalue weighted by Gasteiger charge is -2.30. The fourth-order valence-corrected chi connectivity index (χ4v) is 2.91. The largest absolute Gasteiger partial charge is 0.354 e. The SMILES string of the molecule is CC(C)(C)SC(C)(C)C(=O)NCCN. The van der Waals surface area contributed by atoms with Crippen LogP contribution < -0.4 is 11.1 Å². The number of nitrogens with two attached hydrogens (primary N) is 1. The molecule has 0 aromatic rings. The zero-order valence-electron chi connectivity index (χ0n) is 9.81. The fourth-order valence-electron chi connectivity index (χ4n) is 1.21. The molecule has 0 bridgehead atoms. The molecule has 0 aromatic heterocycles. The number of hydrogen-bond acceptors (Lipinski definition) is 3. The first-order valence-corrected chi connectivity index (χ1v) is 5.69. The highest BCUT2D eigenvalue weighted by atomic mass is 32.2. The summed E-state index contributed by atoms with van der Waals surface area (Å²) in [5.41, 5.74) is 5.33. The standard InChI is InChI=1S/C10H22N2OS/c1-9(2,3)14-10(4,5)8(13)12-7-6-11/h6-7,11H2,1-5H3,(H,12,13). The van der Waals surface area contributed by atoms with Crippen LogP contribution in [-0.2, 0) is 4.79 Å². The maximum atomic E-state index is 11.7. The smallest absolute Gasteiger partial charge is 0.235 e. The zero-order valence-corrected chi connectivity index (χ0v) is 10.6. The highest BCUT2D eigenvalue weighted by Gasteiger charge is 2.32. The van der Waals surface area contributed by atoms with Crippen molar-refractivity contribution in [3.8, 4) is 0 Å². The van der Waals surface area contributed by atoms with E-state index in [4.69, 9.17) is 5.73 Å². The lowest BCUT2D eigenvalue weighted by Crippen LogP contribution is -2.43. The summed E-state index contributed by atoms with van der Waals surface area (Å²) in [6, 6.07) is 0. The number of carbonyl (C=O) groups is 1. The van der Waals surface area contributed by atoms with Gasteiger partial charge in [-0.2, -0.15) is 0 Å². The van der Waals surface area contributed by atoms with Crippen molar-refractivity contribution in [3.63, 3.8) is 0 Å². The Hall–Kier alpha value is -0.220. The van der Waals surface area contributed by atoms with Crippen LogP contribution in [-0.4, -0.2) is 28.5 Å². The summed E-state index contributed by atoms with van der Waals surface area (Å²) in [4.78, 5) is 11.7.